The first-order valence-corrected chi connectivity index (χ1v) is 8.78. The van der Waals surface area contributed by atoms with Crippen molar-refractivity contribution >= 4 is 16.5 Å². The van der Waals surface area contributed by atoms with Crippen LogP contribution in [0.4, 0.5) is 5.13 Å². The van der Waals surface area contributed by atoms with Gasteiger partial charge in [-0.25, -0.2) is 4.98 Å². The normalized spacial score (nSPS) is 16.5. The molecule has 1 heterocycles. The van der Waals surface area contributed by atoms with Gasteiger partial charge in [-0.2, -0.15) is 0 Å². The zero-order valence-electron chi connectivity index (χ0n) is 14.0. The van der Waals surface area contributed by atoms with Gasteiger partial charge in [-0.15, -0.1) is 11.3 Å². The van der Waals surface area contributed by atoms with Crippen molar-refractivity contribution in [3.63, 3.8) is 0 Å². The summed E-state index contributed by atoms with van der Waals surface area (Å²) in [4.78, 5) is 8.69. The predicted octanol–water partition coefficient (Wildman–Crippen LogP) is 3.24. The van der Waals surface area contributed by atoms with E-state index in [2.05, 4.69) is 38.0 Å². The highest BCUT2D eigenvalue weighted by Crippen LogP contribution is 2.44. The third-order valence-corrected chi connectivity index (χ3v) is 5.49. The first-order chi connectivity index (χ1) is 10.0. The van der Waals surface area contributed by atoms with E-state index in [1.165, 1.54) is 28.5 Å². The van der Waals surface area contributed by atoms with Gasteiger partial charge in [0.05, 0.1) is 12.3 Å². The van der Waals surface area contributed by atoms with Gasteiger partial charge >= 0.3 is 0 Å². The van der Waals surface area contributed by atoms with E-state index in [1.807, 2.05) is 11.3 Å². The Kier molecular flexibility index (Phi) is 6.02. The Labute approximate surface area is 132 Å². The molecule has 0 spiro atoms. The molecule has 4 nitrogen and oxygen atoms in total. The summed E-state index contributed by atoms with van der Waals surface area (Å²) in [7, 11) is 3.91. The average Bonchev–Trinajstić information content (AvgIpc) is 3.22. The Balaban J connectivity index is 2.05. The minimum absolute atomic E-state index is 0.512. The molecule has 0 amide bonds. The van der Waals surface area contributed by atoms with Gasteiger partial charge in [0, 0.05) is 44.1 Å². The van der Waals surface area contributed by atoms with Crippen LogP contribution < -0.4 is 10.2 Å². The lowest BCUT2D eigenvalue weighted by atomic mass is 10.1. The average molecular weight is 311 g/mol. The Morgan fingerprint density at radius 1 is 1.38 bits per heavy atom. The molecule has 5 heteroatoms. The summed E-state index contributed by atoms with van der Waals surface area (Å²) in [5.74, 6) is 1.34. The van der Waals surface area contributed by atoms with Crippen molar-refractivity contribution in [1.82, 2.24) is 10.3 Å². The molecule has 1 N–H and O–H groups in total. The third kappa shape index (κ3) is 4.41. The Morgan fingerprint density at radius 3 is 2.67 bits per heavy atom. The molecule has 0 aliphatic heterocycles. The second-order valence-corrected chi connectivity index (χ2v) is 7.41. The third-order valence-electron chi connectivity index (χ3n) is 4.33. The molecule has 2 rings (SSSR count). The first kappa shape index (κ1) is 16.7. The van der Waals surface area contributed by atoms with Crippen molar-refractivity contribution in [2.75, 3.05) is 32.2 Å². The molecule has 1 aliphatic rings. The molecule has 0 saturated heterocycles. The molecule has 1 fully saturated rings. The van der Waals surface area contributed by atoms with Crippen LogP contribution in [-0.2, 0) is 11.3 Å². The van der Waals surface area contributed by atoms with Gasteiger partial charge < -0.3 is 15.0 Å². The summed E-state index contributed by atoms with van der Waals surface area (Å²) in [6.45, 7) is 9.38. The molecule has 0 aromatic carbocycles. The minimum atomic E-state index is 0.512. The molecule has 1 aliphatic carbocycles. The van der Waals surface area contributed by atoms with Crippen LogP contribution in [0, 0.1) is 5.92 Å². The van der Waals surface area contributed by atoms with Crippen molar-refractivity contribution < 1.29 is 4.74 Å². The molecule has 1 unspecified atom stereocenters. The van der Waals surface area contributed by atoms with Crippen LogP contribution in [-0.4, -0.2) is 38.3 Å². The fraction of sp³-hybridized carbons (Fsp3) is 0.812. The topological polar surface area (TPSA) is 37.4 Å². The molecule has 1 atom stereocenters. The van der Waals surface area contributed by atoms with Crippen LogP contribution in [0.5, 0.6) is 0 Å². The smallest absolute Gasteiger partial charge is 0.185 e. The maximum atomic E-state index is 5.09. The lowest BCUT2D eigenvalue weighted by Crippen LogP contribution is -2.33. The number of hydrogen-bond acceptors (Lipinski definition) is 5. The number of nitrogens with one attached hydrogen (secondary N) is 1. The molecule has 120 valence electrons. The zero-order chi connectivity index (χ0) is 15.4. The largest absolute Gasteiger partial charge is 0.383 e. The quantitative estimate of drug-likeness (QED) is 0.711. The monoisotopic (exact) mass is 311 g/mol. The Bertz CT molecular complexity index is 443. The number of rotatable bonds is 9. The van der Waals surface area contributed by atoms with Crippen LogP contribution in [0.1, 0.15) is 50.1 Å². The number of ether oxygens (including phenoxy) is 1. The summed E-state index contributed by atoms with van der Waals surface area (Å²) < 4.78 is 5.09. The molecule has 1 aromatic rings. The van der Waals surface area contributed by atoms with Crippen LogP contribution in [0.15, 0.2) is 0 Å². The summed E-state index contributed by atoms with van der Waals surface area (Å²) in [5, 5.41) is 4.62. The van der Waals surface area contributed by atoms with Crippen molar-refractivity contribution in [3.05, 3.63) is 10.6 Å². The number of aromatic nitrogens is 1. The number of nitrogens with zero attached hydrogens (tertiary/aromatic N) is 2. The maximum absolute atomic E-state index is 5.09. The van der Waals surface area contributed by atoms with E-state index in [0.29, 0.717) is 17.9 Å². The first-order valence-electron chi connectivity index (χ1n) is 7.96. The SMILES string of the molecule is COCCNCc1sc(N(C)C(C)C(C)C)nc1C1CC1. The van der Waals surface area contributed by atoms with E-state index >= 15 is 0 Å². The van der Waals surface area contributed by atoms with E-state index in [0.717, 1.165) is 19.7 Å². The number of hydrogen-bond donors (Lipinski definition) is 1. The molecular formula is C16H29N3OS. The van der Waals surface area contributed by atoms with Gasteiger partial charge in [-0.3, -0.25) is 0 Å². The summed E-state index contributed by atoms with van der Waals surface area (Å²) in [6.07, 6.45) is 2.61. The van der Waals surface area contributed by atoms with Crippen LogP contribution in [0.3, 0.4) is 0 Å². The highest BCUT2D eigenvalue weighted by molar-refractivity contribution is 7.15. The van der Waals surface area contributed by atoms with Crippen LogP contribution >= 0.6 is 11.3 Å². The van der Waals surface area contributed by atoms with Gasteiger partial charge in [0.25, 0.3) is 0 Å². The highest BCUT2D eigenvalue weighted by atomic mass is 32.1. The molecule has 21 heavy (non-hydrogen) atoms. The molecule has 0 radical (unpaired) electrons. The van der Waals surface area contributed by atoms with Crippen molar-refractivity contribution in [3.8, 4) is 0 Å². The molecular weight excluding hydrogens is 282 g/mol. The summed E-state index contributed by atoms with van der Waals surface area (Å²) in [6, 6.07) is 0.512. The molecule has 0 bridgehead atoms. The van der Waals surface area contributed by atoms with Gasteiger partial charge in [0.15, 0.2) is 5.13 Å². The van der Waals surface area contributed by atoms with Gasteiger partial charge in [-0.1, -0.05) is 13.8 Å². The maximum Gasteiger partial charge on any atom is 0.185 e. The number of anilines is 1. The summed E-state index contributed by atoms with van der Waals surface area (Å²) >= 11 is 1.85. The Morgan fingerprint density at radius 2 is 2.10 bits per heavy atom. The Hall–Kier alpha value is -0.650. The second kappa shape index (κ2) is 7.56. The number of thiazole rings is 1. The lowest BCUT2D eigenvalue weighted by molar-refractivity contribution is 0.199. The van der Waals surface area contributed by atoms with Crippen molar-refractivity contribution in [2.45, 2.75) is 52.1 Å². The second-order valence-electron chi connectivity index (χ2n) is 6.34. The highest BCUT2D eigenvalue weighted by Gasteiger charge is 2.30. The van der Waals surface area contributed by atoms with Gasteiger partial charge in [0.2, 0.25) is 0 Å². The van der Waals surface area contributed by atoms with E-state index < -0.39 is 0 Å². The van der Waals surface area contributed by atoms with Gasteiger partial charge in [0.1, 0.15) is 0 Å². The van der Waals surface area contributed by atoms with E-state index in [1.54, 1.807) is 7.11 Å². The van der Waals surface area contributed by atoms with Crippen molar-refractivity contribution in [2.24, 2.45) is 5.92 Å². The molecule has 1 aromatic heterocycles. The van der Waals surface area contributed by atoms with E-state index in [9.17, 15) is 0 Å². The zero-order valence-corrected chi connectivity index (χ0v) is 14.8. The fourth-order valence-electron chi connectivity index (χ4n) is 2.30. The van der Waals surface area contributed by atoms with Crippen molar-refractivity contribution in [1.29, 1.82) is 0 Å². The lowest BCUT2D eigenvalue weighted by Gasteiger charge is -2.27. The van der Waals surface area contributed by atoms with Crippen LogP contribution in [0.2, 0.25) is 0 Å². The standard InChI is InChI=1S/C16H29N3OS/c1-11(2)12(3)19(4)16-18-15(13-6-7-13)14(21-16)10-17-8-9-20-5/h11-13,17H,6-10H2,1-5H3. The van der Waals surface area contributed by atoms with E-state index in [-0.39, 0.29) is 0 Å². The predicted molar refractivity (Wildman–Crippen MR) is 90.4 cm³/mol. The van der Waals surface area contributed by atoms with Gasteiger partial charge in [-0.05, 0) is 25.7 Å². The number of methoxy groups -OCH3 is 1. The summed E-state index contributed by atoms with van der Waals surface area (Å²) in [5.41, 5.74) is 1.34. The molecule has 1 saturated carbocycles. The van der Waals surface area contributed by atoms with E-state index in [4.69, 9.17) is 9.72 Å². The fourth-order valence-corrected chi connectivity index (χ4v) is 3.47. The minimum Gasteiger partial charge on any atom is -0.383 e. The van der Waals surface area contributed by atoms with Crippen LogP contribution in [0.25, 0.3) is 0 Å².